The Hall–Kier alpha value is -4.26. The minimum absolute atomic E-state index is 0.0131. The van der Waals surface area contributed by atoms with Gasteiger partial charge in [-0.3, -0.25) is 19.7 Å². The van der Waals surface area contributed by atoms with Crippen molar-refractivity contribution in [1.82, 2.24) is 19.8 Å². The molecule has 4 saturated heterocycles. The maximum absolute atomic E-state index is 14.6. The van der Waals surface area contributed by atoms with Gasteiger partial charge in [0.25, 0.3) is 0 Å². The number of amides is 1. The number of aliphatic imine (C=N–C) groups is 1. The lowest BCUT2D eigenvalue weighted by molar-refractivity contribution is -0.302. The third-order valence-corrected chi connectivity index (χ3v) is 13.8. The number of nitrogens with two attached hydrogens (primary N) is 1. The number of aliphatic hydroxyl groups is 1. The highest BCUT2D eigenvalue weighted by molar-refractivity contribution is 5.91. The quantitative estimate of drug-likeness (QED) is 0.268. The molecule has 5 aliphatic heterocycles. The second kappa shape index (κ2) is 19.1. The number of pyridine rings is 2. The smallest absolute Gasteiger partial charge is 0.410 e. The minimum Gasteiger partial charge on any atom is -0.458 e. The number of nitrogens with zero attached hydrogens (tertiary/aromatic N) is 6. The molecule has 0 aliphatic carbocycles. The first kappa shape index (κ1) is 46.7. The fourth-order valence-electron chi connectivity index (χ4n) is 10.7. The molecule has 1 amide bonds. The highest BCUT2D eigenvalue weighted by Gasteiger charge is 2.60. The molecule has 0 saturated carbocycles. The third kappa shape index (κ3) is 9.46. The van der Waals surface area contributed by atoms with Gasteiger partial charge in [-0.2, -0.15) is 0 Å². The van der Waals surface area contributed by atoms with Crippen molar-refractivity contribution in [3.63, 3.8) is 0 Å². The summed E-state index contributed by atoms with van der Waals surface area (Å²) in [6, 6.07) is 8.38. The fraction of sp³-hybridized carbons (Fsp3) is 0.696. The molecule has 0 unspecified atom stereocenters. The molecular weight excluding hydrogens is 811 g/mol. The molecule has 63 heavy (non-hydrogen) atoms. The van der Waals surface area contributed by atoms with Crippen molar-refractivity contribution in [2.24, 2.45) is 33.8 Å². The topological polar surface area (TPSA) is 202 Å². The van der Waals surface area contributed by atoms with Gasteiger partial charge in [0.2, 0.25) is 0 Å². The van der Waals surface area contributed by atoms with Crippen LogP contribution >= 0.6 is 0 Å². The highest BCUT2D eigenvalue weighted by atomic mass is 16.7. The van der Waals surface area contributed by atoms with Gasteiger partial charge in [0.1, 0.15) is 23.6 Å². The van der Waals surface area contributed by atoms with Crippen molar-refractivity contribution < 1.29 is 48.0 Å². The van der Waals surface area contributed by atoms with Crippen LogP contribution in [0.25, 0.3) is 11.4 Å². The number of carbonyl (C=O) groups is 2. The molecule has 2 aromatic rings. The molecule has 0 radical (unpaired) electrons. The van der Waals surface area contributed by atoms with Crippen LogP contribution in [0.5, 0.6) is 0 Å². The van der Waals surface area contributed by atoms with Crippen LogP contribution in [0.2, 0.25) is 0 Å². The van der Waals surface area contributed by atoms with Gasteiger partial charge < -0.3 is 49.0 Å². The summed E-state index contributed by atoms with van der Waals surface area (Å²) in [6.07, 6.45) is -1.95. The van der Waals surface area contributed by atoms with Crippen LogP contribution < -0.4 is 5.73 Å². The van der Waals surface area contributed by atoms with E-state index in [9.17, 15) is 14.7 Å². The Morgan fingerprint density at radius 2 is 1.84 bits per heavy atom. The van der Waals surface area contributed by atoms with Gasteiger partial charge >= 0.3 is 12.1 Å². The van der Waals surface area contributed by atoms with Crippen molar-refractivity contribution in [2.75, 3.05) is 46.1 Å². The maximum atomic E-state index is 14.6. The first-order valence-corrected chi connectivity index (χ1v) is 22.5. The van der Waals surface area contributed by atoms with Crippen LogP contribution in [-0.2, 0) is 44.7 Å². The SMILES string of the molecule is CC[C@H]1OC(=O)[C@H](C)[C@H]2OC/C(=N\OCc3cccc(-c4ncccc4N)n3)CO[C@](C)(C[C@@H](C)C3=NCCN4C(=O)O[C@@]1(C)[C@H]4[C@H]3C)[C@H](O[C@H]1O[C@@H](C)C[C@@H](N(C)C)[C@@H]1O)[C@H]2C. The number of oxime groups is 1. The molecule has 0 aromatic carbocycles. The van der Waals surface area contributed by atoms with E-state index in [0.717, 1.165) is 5.71 Å². The number of carbonyl (C=O) groups excluding carboxylic acids is 2. The zero-order valence-electron chi connectivity index (χ0n) is 38.4. The zero-order valence-corrected chi connectivity index (χ0v) is 38.4. The zero-order chi connectivity index (χ0) is 45.4. The summed E-state index contributed by atoms with van der Waals surface area (Å²) < 4.78 is 39.9. The van der Waals surface area contributed by atoms with Gasteiger partial charge in [0, 0.05) is 36.3 Å². The Kier molecular flexibility index (Phi) is 14.1. The number of anilines is 1. The molecule has 346 valence electrons. The van der Waals surface area contributed by atoms with Crippen LogP contribution in [0, 0.1) is 23.7 Å². The molecule has 4 bridgehead atoms. The molecule has 17 nitrogen and oxygen atoms in total. The van der Waals surface area contributed by atoms with Crippen molar-refractivity contribution in [1.29, 1.82) is 0 Å². The van der Waals surface area contributed by atoms with E-state index < -0.39 is 71.8 Å². The van der Waals surface area contributed by atoms with Crippen LogP contribution in [0.1, 0.15) is 80.3 Å². The second-order valence-corrected chi connectivity index (χ2v) is 18.8. The van der Waals surface area contributed by atoms with Crippen molar-refractivity contribution in [2.45, 2.75) is 141 Å². The predicted octanol–water partition coefficient (Wildman–Crippen LogP) is 4.89. The normalized spacial score (nSPS) is 38.4. The summed E-state index contributed by atoms with van der Waals surface area (Å²) >= 11 is 0. The third-order valence-electron chi connectivity index (χ3n) is 13.8. The molecule has 2 aromatic heterocycles. The van der Waals surface area contributed by atoms with E-state index in [1.807, 2.05) is 71.8 Å². The Labute approximate surface area is 371 Å². The number of nitrogen functional groups attached to an aromatic ring is 1. The lowest BCUT2D eigenvalue weighted by Crippen LogP contribution is -2.60. The number of rotatable bonds is 8. The largest absolute Gasteiger partial charge is 0.458 e. The van der Waals surface area contributed by atoms with Crippen LogP contribution in [0.4, 0.5) is 10.5 Å². The monoisotopic (exact) mass is 877 g/mol. The summed E-state index contributed by atoms with van der Waals surface area (Å²) in [7, 11) is 3.86. The molecule has 0 spiro atoms. The molecule has 7 heterocycles. The van der Waals surface area contributed by atoms with E-state index in [4.69, 9.17) is 49.0 Å². The summed E-state index contributed by atoms with van der Waals surface area (Å²) in [4.78, 5) is 52.1. The average Bonchev–Trinajstić information content (AvgIpc) is 3.39. The van der Waals surface area contributed by atoms with Crippen molar-refractivity contribution >= 4 is 29.2 Å². The Morgan fingerprint density at radius 1 is 1.06 bits per heavy atom. The second-order valence-electron chi connectivity index (χ2n) is 18.8. The van der Waals surface area contributed by atoms with Gasteiger partial charge in [-0.25, -0.2) is 9.78 Å². The van der Waals surface area contributed by atoms with Gasteiger partial charge in [-0.15, -0.1) is 0 Å². The molecule has 7 rings (SSSR count). The summed E-state index contributed by atoms with van der Waals surface area (Å²) in [5.74, 6) is -2.36. The van der Waals surface area contributed by atoms with E-state index in [0.29, 0.717) is 60.8 Å². The van der Waals surface area contributed by atoms with Crippen LogP contribution in [0.3, 0.4) is 0 Å². The first-order valence-electron chi connectivity index (χ1n) is 22.5. The standard InChI is InChI=1S/C46H67N7O10/c1-11-35-46(8)40-27(4)36(49-18-19-53(40)44(56)63-46)25(2)21-45(7)41(62-43-38(54)34(52(9)10)20-26(3)60-43)28(5)39(29(6)42(55)61-35)57-22-31(23-58-45)51-59-24-30-14-12-16-33(50-30)37-32(47)15-13-17-48-37/h12-17,25-29,34-35,38-41,43,54H,11,18-24,47H2,1-10H3/b51-31+/t25-,26+,27+,28+,29-,34-,35-,38+,39+,40-,41-,43-,45-,46-/m1/s1. The summed E-state index contributed by atoms with van der Waals surface area (Å²) in [5, 5.41) is 16.4. The van der Waals surface area contributed by atoms with E-state index in [1.54, 1.807) is 30.2 Å². The number of aliphatic hydroxyl groups excluding tert-OH is 1. The van der Waals surface area contributed by atoms with Gasteiger partial charge in [0.15, 0.2) is 18.5 Å². The minimum atomic E-state index is -1.15. The van der Waals surface area contributed by atoms with Gasteiger partial charge in [0.05, 0.1) is 72.7 Å². The lowest BCUT2D eigenvalue weighted by Gasteiger charge is -2.48. The number of hydrogen-bond acceptors (Lipinski definition) is 16. The predicted molar refractivity (Wildman–Crippen MR) is 235 cm³/mol. The summed E-state index contributed by atoms with van der Waals surface area (Å²) in [5.41, 5.74) is 7.54. The van der Waals surface area contributed by atoms with E-state index >= 15 is 0 Å². The molecule has 4 fully saturated rings. The Morgan fingerprint density at radius 3 is 2.57 bits per heavy atom. The molecular formula is C46H67N7O10. The summed E-state index contributed by atoms with van der Waals surface area (Å²) in [6.45, 7) is 16.4. The lowest BCUT2D eigenvalue weighted by atomic mass is 9.72. The number of fused-ring (bicyclic) bond motifs is 4. The van der Waals surface area contributed by atoms with Crippen LogP contribution in [0.15, 0.2) is 46.7 Å². The first-order chi connectivity index (χ1) is 29.9. The van der Waals surface area contributed by atoms with Crippen molar-refractivity contribution in [3.05, 3.63) is 42.2 Å². The number of cyclic esters (lactones) is 1. The average molecular weight is 878 g/mol. The Balaban J connectivity index is 1.28. The highest BCUT2D eigenvalue weighted by Crippen LogP contribution is 2.45. The Bertz CT molecular complexity index is 2020. The molecule has 14 atom stereocenters. The van der Waals surface area contributed by atoms with E-state index in [2.05, 4.69) is 24.0 Å². The van der Waals surface area contributed by atoms with E-state index in [-0.39, 0.29) is 43.8 Å². The van der Waals surface area contributed by atoms with Crippen molar-refractivity contribution in [3.8, 4) is 11.4 Å². The molecule has 3 N–H and O–H groups in total. The van der Waals surface area contributed by atoms with Crippen LogP contribution in [-0.4, -0.2) is 149 Å². The molecule has 5 aliphatic rings. The fourth-order valence-corrected chi connectivity index (χ4v) is 10.7. The van der Waals surface area contributed by atoms with E-state index in [1.165, 1.54) is 0 Å². The maximum Gasteiger partial charge on any atom is 0.410 e. The number of ether oxygens (including phenoxy) is 6. The van der Waals surface area contributed by atoms with Gasteiger partial charge in [-0.05, 0) is 91.2 Å². The van der Waals surface area contributed by atoms with Gasteiger partial charge in [-0.1, -0.05) is 38.9 Å². The number of esters is 1. The number of hydrogen-bond donors (Lipinski definition) is 2. The number of likely N-dealkylation sites (N-methyl/N-ethyl adjacent to an activating group) is 1. The number of aromatic nitrogens is 2. The molecule has 17 heteroatoms.